The van der Waals surface area contributed by atoms with Crippen molar-refractivity contribution in [3.63, 3.8) is 0 Å². The van der Waals surface area contributed by atoms with E-state index in [0.29, 0.717) is 17.4 Å². The minimum Gasteiger partial charge on any atom is -0.361 e. The van der Waals surface area contributed by atoms with Crippen molar-refractivity contribution in [1.29, 1.82) is 0 Å². The van der Waals surface area contributed by atoms with Gasteiger partial charge in [-0.3, -0.25) is 0 Å². The van der Waals surface area contributed by atoms with Gasteiger partial charge in [-0.05, 0) is 44.1 Å². The largest absolute Gasteiger partial charge is 0.361 e. The Bertz CT molecular complexity index is 451. The molecule has 0 unspecified atom stereocenters. The highest BCUT2D eigenvalue weighted by Gasteiger charge is 2.53. The minimum absolute atomic E-state index is 0.123. The van der Waals surface area contributed by atoms with Crippen LogP contribution in [-0.4, -0.2) is 18.2 Å². The summed E-state index contributed by atoms with van der Waals surface area (Å²) in [7, 11) is 2.09. The van der Waals surface area contributed by atoms with Crippen LogP contribution in [0.5, 0.6) is 0 Å². The van der Waals surface area contributed by atoms with Gasteiger partial charge in [-0.2, -0.15) is 0 Å². The molecule has 0 aliphatic heterocycles. The van der Waals surface area contributed by atoms with Gasteiger partial charge in [0.15, 0.2) is 0 Å². The Kier molecular flexibility index (Phi) is 2.60. The first kappa shape index (κ1) is 12.2. The summed E-state index contributed by atoms with van der Waals surface area (Å²) in [6.07, 6.45) is 6.89. The fourth-order valence-corrected chi connectivity index (χ4v) is 4.71. The molecular weight excluding hydrogens is 224 g/mol. The summed E-state index contributed by atoms with van der Waals surface area (Å²) < 4.78 is 5.55. The second-order valence-electron chi connectivity index (χ2n) is 7.05. The molecule has 1 N–H and O–H groups in total. The molecule has 1 aromatic heterocycles. The van der Waals surface area contributed by atoms with Gasteiger partial charge in [-0.1, -0.05) is 25.9 Å². The highest BCUT2D eigenvalue weighted by molar-refractivity contribution is 5.30. The maximum absolute atomic E-state index is 5.55. The molecule has 3 rings (SSSR count). The quantitative estimate of drug-likeness (QED) is 0.830. The summed E-state index contributed by atoms with van der Waals surface area (Å²) in [6, 6.07) is 0.670. The fraction of sp³-hybridized carbons (Fsp3) is 0.800. The molecule has 0 bridgehead atoms. The first-order valence-electron chi connectivity index (χ1n) is 7.09. The number of aromatic nitrogens is 1. The van der Waals surface area contributed by atoms with Crippen LogP contribution in [0.2, 0.25) is 0 Å². The smallest absolute Gasteiger partial charge is 0.145 e. The summed E-state index contributed by atoms with van der Waals surface area (Å²) in [5, 5.41) is 7.51. The Hall–Kier alpha value is -0.830. The van der Waals surface area contributed by atoms with Crippen molar-refractivity contribution in [3.8, 4) is 0 Å². The summed E-state index contributed by atoms with van der Waals surface area (Å²) >= 11 is 0. The van der Waals surface area contributed by atoms with E-state index in [0.717, 1.165) is 12.2 Å². The van der Waals surface area contributed by atoms with Crippen molar-refractivity contribution >= 4 is 0 Å². The number of hydrogen-bond donors (Lipinski definition) is 1. The molecule has 2 aliphatic carbocycles. The highest BCUT2D eigenvalue weighted by Crippen LogP contribution is 2.56. The maximum Gasteiger partial charge on any atom is 0.145 e. The van der Waals surface area contributed by atoms with Crippen molar-refractivity contribution in [2.24, 2.45) is 11.3 Å². The van der Waals surface area contributed by atoms with E-state index in [1.54, 1.807) is 0 Å². The summed E-state index contributed by atoms with van der Waals surface area (Å²) in [5.74, 6) is 1.84. The van der Waals surface area contributed by atoms with E-state index in [2.05, 4.69) is 38.3 Å². The molecule has 0 amide bonds. The molecule has 1 saturated carbocycles. The first-order valence-corrected chi connectivity index (χ1v) is 7.09. The maximum atomic E-state index is 5.55. The fourth-order valence-electron chi connectivity index (χ4n) is 4.71. The Morgan fingerprint density at radius 1 is 1.33 bits per heavy atom. The van der Waals surface area contributed by atoms with E-state index in [-0.39, 0.29) is 5.41 Å². The van der Waals surface area contributed by atoms with E-state index in [9.17, 15) is 0 Å². The van der Waals surface area contributed by atoms with Crippen LogP contribution in [0.4, 0.5) is 0 Å². The van der Waals surface area contributed by atoms with Crippen LogP contribution in [-0.2, 0) is 11.8 Å². The molecule has 0 radical (unpaired) electrons. The lowest BCUT2D eigenvalue weighted by molar-refractivity contribution is 0.0153. The summed E-state index contributed by atoms with van der Waals surface area (Å²) in [5.41, 5.74) is 1.83. The molecule has 18 heavy (non-hydrogen) atoms. The van der Waals surface area contributed by atoms with E-state index in [4.69, 9.17) is 4.52 Å². The predicted molar refractivity (Wildman–Crippen MR) is 71.5 cm³/mol. The van der Waals surface area contributed by atoms with Crippen LogP contribution in [0, 0.1) is 11.3 Å². The van der Waals surface area contributed by atoms with Crippen LogP contribution in [0.25, 0.3) is 0 Å². The first-order chi connectivity index (χ1) is 8.47. The van der Waals surface area contributed by atoms with Crippen molar-refractivity contribution in [1.82, 2.24) is 10.5 Å². The Morgan fingerprint density at radius 3 is 2.83 bits per heavy atom. The van der Waals surface area contributed by atoms with Gasteiger partial charge < -0.3 is 9.84 Å². The lowest BCUT2D eigenvalue weighted by atomic mass is 9.51. The topological polar surface area (TPSA) is 38.1 Å². The average molecular weight is 248 g/mol. The van der Waals surface area contributed by atoms with Crippen molar-refractivity contribution in [2.45, 2.75) is 57.9 Å². The zero-order valence-corrected chi connectivity index (χ0v) is 11.9. The third kappa shape index (κ3) is 1.56. The lowest BCUT2D eigenvalue weighted by Crippen LogP contribution is -2.52. The Labute approximate surface area is 109 Å². The number of nitrogens with zero attached hydrogens (tertiary/aromatic N) is 1. The van der Waals surface area contributed by atoms with E-state index >= 15 is 0 Å². The number of rotatable bonds is 1. The Balaban J connectivity index is 2.02. The zero-order valence-electron chi connectivity index (χ0n) is 11.9. The summed E-state index contributed by atoms with van der Waals surface area (Å²) in [6.45, 7) is 7.12. The van der Waals surface area contributed by atoms with Crippen molar-refractivity contribution in [2.75, 3.05) is 7.05 Å². The monoisotopic (exact) mass is 248 g/mol. The van der Waals surface area contributed by atoms with Crippen LogP contribution in [0.1, 0.15) is 51.4 Å². The molecule has 1 fully saturated rings. The number of hydrogen-bond acceptors (Lipinski definition) is 3. The van der Waals surface area contributed by atoms with Crippen LogP contribution >= 0.6 is 0 Å². The van der Waals surface area contributed by atoms with Crippen LogP contribution in [0.15, 0.2) is 10.7 Å². The molecule has 1 aromatic rings. The van der Waals surface area contributed by atoms with Crippen LogP contribution in [0.3, 0.4) is 0 Å². The van der Waals surface area contributed by atoms with Gasteiger partial charge in [-0.25, -0.2) is 0 Å². The normalized spacial score (nSPS) is 38.0. The van der Waals surface area contributed by atoms with E-state index in [1.807, 2.05) is 6.20 Å². The third-order valence-corrected chi connectivity index (χ3v) is 5.46. The minimum atomic E-state index is 0.123. The molecule has 1 heterocycles. The van der Waals surface area contributed by atoms with Gasteiger partial charge in [0, 0.05) is 17.0 Å². The molecular formula is C15H24N2O. The van der Waals surface area contributed by atoms with Gasteiger partial charge in [0.25, 0.3) is 0 Å². The molecule has 3 atom stereocenters. The standard InChI is InChI=1S/C15H24N2O/c1-14(2)12-6-5-11(16-4)8-15(12,3)7-10-9-17-18-13(10)14/h9,11-12,16H,5-8H2,1-4H3/t11-,12-,15+/m0/s1. The van der Waals surface area contributed by atoms with Gasteiger partial charge in [0.05, 0.1) is 6.20 Å². The SMILES string of the molecule is CN[C@H]1CC[C@H]2C(C)(C)c3oncc3C[C@]2(C)C1. The van der Waals surface area contributed by atoms with E-state index < -0.39 is 0 Å². The molecule has 0 spiro atoms. The predicted octanol–water partition coefficient (Wildman–Crippen LogP) is 2.90. The third-order valence-electron chi connectivity index (χ3n) is 5.46. The van der Waals surface area contributed by atoms with E-state index in [1.165, 1.54) is 24.8 Å². The van der Waals surface area contributed by atoms with Crippen LogP contribution < -0.4 is 5.32 Å². The van der Waals surface area contributed by atoms with Gasteiger partial charge in [-0.15, -0.1) is 0 Å². The van der Waals surface area contributed by atoms with Gasteiger partial charge in [0.1, 0.15) is 5.76 Å². The Morgan fingerprint density at radius 2 is 2.11 bits per heavy atom. The summed E-state index contributed by atoms with van der Waals surface area (Å²) in [4.78, 5) is 0. The molecule has 3 heteroatoms. The average Bonchev–Trinajstić information content (AvgIpc) is 2.76. The van der Waals surface area contributed by atoms with Gasteiger partial charge in [0.2, 0.25) is 0 Å². The second kappa shape index (κ2) is 3.83. The second-order valence-corrected chi connectivity index (χ2v) is 7.05. The number of fused-ring (bicyclic) bond motifs is 2. The van der Waals surface area contributed by atoms with Crippen molar-refractivity contribution in [3.05, 3.63) is 17.5 Å². The molecule has 3 nitrogen and oxygen atoms in total. The molecule has 0 saturated heterocycles. The van der Waals surface area contributed by atoms with Crippen molar-refractivity contribution < 1.29 is 4.52 Å². The lowest BCUT2D eigenvalue weighted by Gasteiger charge is -2.53. The number of nitrogens with one attached hydrogen (secondary N) is 1. The molecule has 100 valence electrons. The zero-order chi connectivity index (χ0) is 13.0. The highest BCUT2D eigenvalue weighted by atomic mass is 16.5. The molecule has 2 aliphatic rings. The van der Waals surface area contributed by atoms with Gasteiger partial charge >= 0.3 is 0 Å². The molecule has 0 aromatic carbocycles.